The summed E-state index contributed by atoms with van der Waals surface area (Å²) in [7, 11) is 1.65. The van der Waals surface area contributed by atoms with Gasteiger partial charge in [0.25, 0.3) is 0 Å². The molecule has 2 aromatic carbocycles. The van der Waals surface area contributed by atoms with Gasteiger partial charge in [0.15, 0.2) is 0 Å². The van der Waals surface area contributed by atoms with Crippen molar-refractivity contribution in [2.24, 2.45) is 0 Å². The SMILES string of the molecule is CCN(CC(=O)O)Cc1ccc2cc(OC)ccc2c1. The van der Waals surface area contributed by atoms with Crippen LogP contribution in [-0.4, -0.2) is 36.2 Å². The molecule has 0 aromatic heterocycles. The van der Waals surface area contributed by atoms with E-state index in [-0.39, 0.29) is 6.54 Å². The molecular weight excluding hydrogens is 254 g/mol. The third-order valence-electron chi connectivity index (χ3n) is 3.32. The third-order valence-corrected chi connectivity index (χ3v) is 3.32. The zero-order valence-corrected chi connectivity index (χ0v) is 11.8. The Kier molecular flexibility index (Phi) is 4.58. The number of aliphatic carboxylic acids is 1. The molecule has 0 saturated carbocycles. The van der Waals surface area contributed by atoms with Gasteiger partial charge in [-0.05, 0) is 41.1 Å². The summed E-state index contributed by atoms with van der Waals surface area (Å²) in [5, 5.41) is 11.1. The van der Waals surface area contributed by atoms with Crippen molar-refractivity contribution in [3.63, 3.8) is 0 Å². The lowest BCUT2D eigenvalue weighted by Crippen LogP contribution is -2.29. The number of hydrogen-bond donors (Lipinski definition) is 1. The highest BCUT2D eigenvalue weighted by Gasteiger charge is 2.08. The standard InChI is InChI=1S/C16H19NO3/c1-3-17(11-16(18)19)10-12-4-5-14-9-15(20-2)7-6-13(14)8-12/h4-9H,3,10-11H2,1-2H3,(H,18,19). The van der Waals surface area contributed by atoms with Gasteiger partial charge in [-0.3, -0.25) is 9.69 Å². The van der Waals surface area contributed by atoms with Crippen LogP contribution >= 0.6 is 0 Å². The van der Waals surface area contributed by atoms with Crippen LogP contribution in [0.5, 0.6) is 5.75 Å². The molecule has 0 aliphatic heterocycles. The van der Waals surface area contributed by atoms with Crippen molar-refractivity contribution in [2.75, 3.05) is 20.2 Å². The van der Waals surface area contributed by atoms with Crippen LogP contribution in [0.4, 0.5) is 0 Å². The Bertz CT molecular complexity index is 610. The van der Waals surface area contributed by atoms with Gasteiger partial charge in [0.05, 0.1) is 13.7 Å². The number of benzene rings is 2. The van der Waals surface area contributed by atoms with E-state index in [1.807, 2.05) is 42.2 Å². The van der Waals surface area contributed by atoms with E-state index in [2.05, 4.69) is 6.07 Å². The zero-order chi connectivity index (χ0) is 14.5. The molecule has 0 bridgehead atoms. The summed E-state index contributed by atoms with van der Waals surface area (Å²) in [6, 6.07) is 12.1. The topological polar surface area (TPSA) is 49.8 Å². The van der Waals surface area contributed by atoms with Gasteiger partial charge in [0.1, 0.15) is 5.75 Å². The first-order valence-corrected chi connectivity index (χ1v) is 6.63. The number of hydrogen-bond acceptors (Lipinski definition) is 3. The van der Waals surface area contributed by atoms with Gasteiger partial charge in [-0.25, -0.2) is 0 Å². The quantitative estimate of drug-likeness (QED) is 0.879. The highest BCUT2D eigenvalue weighted by Crippen LogP contribution is 2.22. The minimum atomic E-state index is -0.794. The number of carboxylic acid groups (broad SMARTS) is 1. The Morgan fingerprint density at radius 1 is 1.20 bits per heavy atom. The molecule has 0 spiro atoms. The maximum absolute atomic E-state index is 10.8. The average molecular weight is 273 g/mol. The zero-order valence-electron chi connectivity index (χ0n) is 11.8. The minimum Gasteiger partial charge on any atom is -0.497 e. The molecule has 0 atom stereocenters. The second-order valence-corrected chi connectivity index (χ2v) is 4.74. The van der Waals surface area contributed by atoms with Crippen molar-refractivity contribution in [3.8, 4) is 5.75 Å². The van der Waals surface area contributed by atoms with Crippen LogP contribution < -0.4 is 4.74 Å². The van der Waals surface area contributed by atoms with Crippen molar-refractivity contribution in [3.05, 3.63) is 42.0 Å². The number of fused-ring (bicyclic) bond motifs is 1. The van der Waals surface area contributed by atoms with Gasteiger partial charge >= 0.3 is 5.97 Å². The Balaban J connectivity index is 2.20. The van der Waals surface area contributed by atoms with E-state index in [0.717, 1.165) is 22.1 Å². The predicted octanol–water partition coefficient (Wildman–Crippen LogP) is 2.75. The average Bonchev–Trinajstić information content (AvgIpc) is 2.45. The van der Waals surface area contributed by atoms with Crippen molar-refractivity contribution in [2.45, 2.75) is 13.5 Å². The maximum Gasteiger partial charge on any atom is 0.317 e. The molecular formula is C16H19NO3. The molecule has 0 amide bonds. The molecule has 0 saturated heterocycles. The molecule has 0 unspecified atom stereocenters. The van der Waals surface area contributed by atoms with E-state index >= 15 is 0 Å². The lowest BCUT2D eigenvalue weighted by molar-refractivity contribution is -0.138. The van der Waals surface area contributed by atoms with Crippen molar-refractivity contribution < 1.29 is 14.6 Å². The van der Waals surface area contributed by atoms with E-state index < -0.39 is 5.97 Å². The molecule has 0 aliphatic carbocycles. The van der Waals surface area contributed by atoms with Crippen LogP contribution in [0.15, 0.2) is 36.4 Å². The third kappa shape index (κ3) is 3.48. The highest BCUT2D eigenvalue weighted by atomic mass is 16.5. The molecule has 20 heavy (non-hydrogen) atoms. The molecule has 4 nitrogen and oxygen atoms in total. The molecule has 0 heterocycles. The summed E-state index contributed by atoms with van der Waals surface area (Å²) in [6.07, 6.45) is 0. The van der Waals surface area contributed by atoms with Crippen molar-refractivity contribution >= 4 is 16.7 Å². The van der Waals surface area contributed by atoms with E-state index in [4.69, 9.17) is 9.84 Å². The molecule has 106 valence electrons. The van der Waals surface area contributed by atoms with E-state index in [9.17, 15) is 4.79 Å². The molecule has 0 aliphatic rings. The second kappa shape index (κ2) is 6.39. The van der Waals surface area contributed by atoms with Gasteiger partial charge in [-0.2, -0.15) is 0 Å². The number of methoxy groups -OCH3 is 1. The Morgan fingerprint density at radius 2 is 1.90 bits per heavy atom. The molecule has 2 rings (SSSR count). The second-order valence-electron chi connectivity index (χ2n) is 4.74. The highest BCUT2D eigenvalue weighted by molar-refractivity contribution is 5.84. The van der Waals surface area contributed by atoms with Gasteiger partial charge in [-0.15, -0.1) is 0 Å². The molecule has 1 N–H and O–H groups in total. The maximum atomic E-state index is 10.8. The number of likely N-dealkylation sites (N-methyl/N-ethyl adjacent to an activating group) is 1. The van der Waals surface area contributed by atoms with Crippen molar-refractivity contribution in [1.29, 1.82) is 0 Å². The normalized spacial score (nSPS) is 10.9. The molecule has 0 radical (unpaired) electrons. The first-order valence-electron chi connectivity index (χ1n) is 6.63. The fraction of sp³-hybridized carbons (Fsp3) is 0.312. The summed E-state index contributed by atoms with van der Waals surface area (Å²) < 4.78 is 5.20. The Morgan fingerprint density at radius 3 is 2.55 bits per heavy atom. The lowest BCUT2D eigenvalue weighted by atomic mass is 10.1. The van der Waals surface area contributed by atoms with Crippen LogP contribution in [-0.2, 0) is 11.3 Å². The van der Waals surface area contributed by atoms with Crippen LogP contribution in [0.3, 0.4) is 0 Å². The molecule has 2 aromatic rings. The molecule has 4 heteroatoms. The summed E-state index contributed by atoms with van der Waals surface area (Å²) in [5.41, 5.74) is 1.12. The van der Waals surface area contributed by atoms with Gasteiger partial charge in [-0.1, -0.05) is 25.1 Å². The van der Waals surface area contributed by atoms with Crippen LogP contribution in [0.25, 0.3) is 10.8 Å². The molecule has 0 fully saturated rings. The van der Waals surface area contributed by atoms with E-state index in [1.54, 1.807) is 7.11 Å². The number of carbonyl (C=O) groups is 1. The summed E-state index contributed by atoms with van der Waals surface area (Å²) in [5.74, 6) is 0.0451. The summed E-state index contributed by atoms with van der Waals surface area (Å²) in [6.45, 7) is 3.39. The fourth-order valence-corrected chi connectivity index (χ4v) is 2.23. The smallest absolute Gasteiger partial charge is 0.317 e. The van der Waals surface area contributed by atoms with Crippen LogP contribution in [0.2, 0.25) is 0 Å². The first-order chi connectivity index (χ1) is 9.62. The number of nitrogens with zero attached hydrogens (tertiary/aromatic N) is 1. The Hall–Kier alpha value is -2.07. The first kappa shape index (κ1) is 14.3. The van der Waals surface area contributed by atoms with Gasteiger partial charge in [0, 0.05) is 6.54 Å². The van der Waals surface area contributed by atoms with Gasteiger partial charge < -0.3 is 9.84 Å². The Labute approximate surface area is 118 Å². The van der Waals surface area contributed by atoms with E-state index in [1.165, 1.54) is 0 Å². The van der Waals surface area contributed by atoms with Crippen LogP contribution in [0, 0.1) is 0 Å². The number of carboxylic acids is 1. The minimum absolute atomic E-state index is 0.0666. The van der Waals surface area contributed by atoms with Crippen LogP contribution in [0.1, 0.15) is 12.5 Å². The largest absolute Gasteiger partial charge is 0.497 e. The summed E-state index contributed by atoms with van der Waals surface area (Å²) in [4.78, 5) is 12.7. The monoisotopic (exact) mass is 273 g/mol. The number of ether oxygens (including phenoxy) is 1. The number of rotatable bonds is 6. The fourth-order valence-electron chi connectivity index (χ4n) is 2.23. The predicted molar refractivity (Wildman–Crippen MR) is 79.1 cm³/mol. The van der Waals surface area contributed by atoms with Gasteiger partial charge in [0.2, 0.25) is 0 Å². The van der Waals surface area contributed by atoms with Crippen molar-refractivity contribution in [1.82, 2.24) is 4.90 Å². The van der Waals surface area contributed by atoms with E-state index in [0.29, 0.717) is 13.1 Å². The lowest BCUT2D eigenvalue weighted by Gasteiger charge is -2.18. The summed E-state index contributed by atoms with van der Waals surface area (Å²) >= 11 is 0.